The molecular weight excluding hydrogens is 475 g/mol. The van der Waals surface area contributed by atoms with Gasteiger partial charge in [-0.25, -0.2) is 0 Å². The third-order valence-corrected chi connectivity index (χ3v) is 7.75. The maximum Gasteiger partial charge on any atom is 0.243 e. The van der Waals surface area contributed by atoms with Gasteiger partial charge in [0.2, 0.25) is 11.8 Å². The Morgan fingerprint density at radius 3 is 2.33 bits per heavy atom. The normalized spacial score (nSPS) is 14.8. The molecule has 0 bridgehead atoms. The number of benzene rings is 2. The standard InChI is InChI=1S/C26H32Cl2N2O2S/c1-3-24(26(32)29-20-7-4-5-8-20)30(15-19-13-11-18(2)12-14-19)25(31)17-33-16-21-22(27)9-6-10-23(21)28/h6,9-14,20,24H,3-5,7-8,15-17H2,1-2H3,(H,29,32)/t24-/m0/s1. The zero-order valence-corrected chi connectivity index (χ0v) is 21.6. The van der Waals surface area contributed by atoms with Gasteiger partial charge in [-0.1, -0.05) is 78.9 Å². The first-order valence-electron chi connectivity index (χ1n) is 11.5. The van der Waals surface area contributed by atoms with Crippen LogP contribution in [-0.2, 0) is 21.9 Å². The SMILES string of the molecule is CC[C@@H](C(=O)NC1CCCC1)N(Cc1ccc(C)cc1)C(=O)CSCc1c(Cl)cccc1Cl. The van der Waals surface area contributed by atoms with Crippen LogP contribution in [-0.4, -0.2) is 34.6 Å². The Labute approximate surface area is 211 Å². The van der Waals surface area contributed by atoms with Gasteiger partial charge in [-0.05, 0) is 49.4 Å². The van der Waals surface area contributed by atoms with Crippen LogP contribution in [0.1, 0.15) is 55.7 Å². The summed E-state index contributed by atoms with van der Waals surface area (Å²) in [4.78, 5) is 28.3. The molecule has 1 aliphatic carbocycles. The first-order chi connectivity index (χ1) is 15.9. The smallest absolute Gasteiger partial charge is 0.243 e. The number of nitrogens with zero attached hydrogens (tertiary/aromatic N) is 1. The van der Waals surface area contributed by atoms with E-state index in [4.69, 9.17) is 23.2 Å². The van der Waals surface area contributed by atoms with E-state index in [2.05, 4.69) is 5.32 Å². The van der Waals surface area contributed by atoms with E-state index in [1.807, 2.05) is 44.2 Å². The molecule has 2 aromatic carbocycles. The summed E-state index contributed by atoms with van der Waals surface area (Å²) >= 11 is 14.0. The monoisotopic (exact) mass is 506 g/mol. The van der Waals surface area contributed by atoms with E-state index in [9.17, 15) is 9.59 Å². The molecule has 1 fully saturated rings. The van der Waals surface area contributed by atoms with E-state index in [0.717, 1.165) is 42.4 Å². The summed E-state index contributed by atoms with van der Waals surface area (Å²) in [7, 11) is 0. The van der Waals surface area contributed by atoms with Crippen molar-refractivity contribution in [2.45, 2.75) is 70.3 Å². The van der Waals surface area contributed by atoms with Gasteiger partial charge in [0.15, 0.2) is 0 Å². The van der Waals surface area contributed by atoms with Crippen molar-refractivity contribution in [3.05, 3.63) is 69.2 Å². The summed E-state index contributed by atoms with van der Waals surface area (Å²) in [5, 5.41) is 4.38. The minimum atomic E-state index is -0.496. The predicted octanol–water partition coefficient (Wildman–Crippen LogP) is 6.40. The van der Waals surface area contributed by atoms with Crippen LogP contribution in [0.5, 0.6) is 0 Å². The van der Waals surface area contributed by atoms with Gasteiger partial charge in [0.05, 0.1) is 5.75 Å². The number of amides is 2. The van der Waals surface area contributed by atoms with Crippen molar-refractivity contribution in [1.82, 2.24) is 10.2 Å². The molecule has 33 heavy (non-hydrogen) atoms. The average molecular weight is 508 g/mol. The zero-order chi connectivity index (χ0) is 23.8. The fourth-order valence-electron chi connectivity index (χ4n) is 4.17. The van der Waals surface area contributed by atoms with Gasteiger partial charge in [0, 0.05) is 28.4 Å². The number of carbonyl (C=O) groups is 2. The minimum absolute atomic E-state index is 0.0518. The molecule has 0 spiro atoms. The van der Waals surface area contributed by atoms with Gasteiger partial charge in [-0.3, -0.25) is 9.59 Å². The topological polar surface area (TPSA) is 49.4 Å². The van der Waals surface area contributed by atoms with Crippen LogP contribution in [0.15, 0.2) is 42.5 Å². The summed E-state index contributed by atoms with van der Waals surface area (Å²) in [5.41, 5.74) is 3.00. The maximum absolute atomic E-state index is 13.4. The molecule has 1 atom stereocenters. The molecule has 7 heteroatoms. The van der Waals surface area contributed by atoms with Crippen molar-refractivity contribution in [2.75, 3.05) is 5.75 Å². The van der Waals surface area contributed by atoms with Gasteiger partial charge in [-0.15, -0.1) is 11.8 Å². The summed E-state index contributed by atoms with van der Waals surface area (Å²) in [6.07, 6.45) is 4.90. The van der Waals surface area contributed by atoms with Crippen LogP contribution in [0.2, 0.25) is 10.0 Å². The van der Waals surface area contributed by atoms with Crippen LogP contribution in [0.3, 0.4) is 0 Å². The highest BCUT2D eigenvalue weighted by Crippen LogP contribution is 2.28. The molecule has 2 aromatic rings. The van der Waals surface area contributed by atoms with E-state index >= 15 is 0 Å². The molecule has 0 unspecified atom stereocenters. The van der Waals surface area contributed by atoms with Crippen molar-refractivity contribution in [1.29, 1.82) is 0 Å². The Hall–Kier alpha value is -1.69. The van der Waals surface area contributed by atoms with Gasteiger partial charge in [-0.2, -0.15) is 0 Å². The van der Waals surface area contributed by atoms with Crippen molar-refractivity contribution >= 4 is 46.8 Å². The molecule has 0 aliphatic heterocycles. The number of carbonyl (C=O) groups excluding carboxylic acids is 2. The largest absolute Gasteiger partial charge is 0.352 e. The first-order valence-corrected chi connectivity index (χ1v) is 13.5. The fourth-order valence-corrected chi connectivity index (χ4v) is 5.82. The number of hydrogen-bond acceptors (Lipinski definition) is 3. The highest BCUT2D eigenvalue weighted by molar-refractivity contribution is 7.99. The van der Waals surface area contributed by atoms with Crippen molar-refractivity contribution in [3.63, 3.8) is 0 Å². The van der Waals surface area contributed by atoms with Crippen LogP contribution < -0.4 is 5.32 Å². The maximum atomic E-state index is 13.4. The van der Waals surface area contributed by atoms with Gasteiger partial charge in [0.1, 0.15) is 6.04 Å². The lowest BCUT2D eigenvalue weighted by Gasteiger charge is -2.31. The number of thioether (sulfide) groups is 1. The molecule has 3 rings (SSSR count). The third-order valence-electron chi connectivity index (χ3n) is 6.09. The van der Waals surface area contributed by atoms with E-state index in [-0.39, 0.29) is 23.6 Å². The number of halogens is 2. The van der Waals surface area contributed by atoms with E-state index in [1.165, 1.54) is 11.8 Å². The predicted molar refractivity (Wildman–Crippen MR) is 139 cm³/mol. The van der Waals surface area contributed by atoms with Gasteiger partial charge in [0.25, 0.3) is 0 Å². The fraction of sp³-hybridized carbons (Fsp3) is 0.462. The molecule has 178 valence electrons. The van der Waals surface area contributed by atoms with E-state index in [0.29, 0.717) is 28.8 Å². The number of rotatable bonds is 10. The first kappa shape index (κ1) is 25.9. The van der Waals surface area contributed by atoms with Crippen LogP contribution in [0, 0.1) is 6.92 Å². The molecule has 1 N–H and O–H groups in total. The molecule has 1 saturated carbocycles. The molecule has 4 nitrogen and oxygen atoms in total. The second-order valence-electron chi connectivity index (χ2n) is 8.61. The Morgan fingerprint density at radius 2 is 1.73 bits per heavy atom. The van der Waals surface area contributed by atoms with Gasteiger partial charge >= 0.3 is 0 Å². The molecule has 0 radical (unpaired) electrons. The van der Waals surface area contributed by atoms with Crippen LogP contribution >= 0.6 is 35.0 Å². The quantitative estimate of drug-likeness (QED) is 0.405. The second-order valence-corrected chi connectivity index (χ2v) is 10.4. The molecule has 0 saturated heterocycles. The van der Waals surface area contributed by atoms with E-state index < -0.39 is 6.04 Å². The molecule has 0 heterocycles. The zero-order valence-electron chi connectivity index (χ0n) is 19.3. The lowest BCUT2D eigenvalue weighted by molar-refractivity contribution is -0.139. The molecule has 2 amide bonds. The molecule has 1 aliphatic rings. The average Bonchev–Trinajstić information content (AvgIpc) is 3.30. The lowest BCUT2D eigenvalue weighted by Crippen LogP contribution is -2.51. The summed E-state index contributed by atoms with van der Waals surface area (Å²) < 4.78 is 0. The Balaban J connectivity index is 1.72. The van der Waals surface area contributed by atoms with Crippen molar-refractivity contribution < 1.29 is 9.59 Å². The Bertz CT molecular complexity index is 926. The lowest BCUT2D eigenvalue weighted by atomic mass is 10.1. The number of hydrogen-bond donors (Lipinski definition) is 1. The Morgan fingerprint density at radius 1 is 1.09 bits per heavy atom. The number of nitrogens with one attached hydrogen (secondary N) is 1. The summed E-state index contributed by atoms with van der Waals surface area (Å²) in [5.74, 6) is 0.676. The second kappa shape index (κ2) is 12.7. The molecular formula is C26H32Cl2N2O2S. The third kappa shape index (κ3) is 7.40. The van der Waals surface area contributed by atoms with E-state index in [1.54, 1.807) is 17.0 Å². The van der Waals surface area contributed by atoms with Crippen molar-refractivity contribution in [3.8, 4) is 0 Å². The van der Waals surface area contributed by atoms with Crippen LogP contribution in [0.4, 0.5) is 0 Å². The Kier molecular flexibility index (Phi) is 9.96. The minimum Gasteiger partial charge on any atom is -0.352 e. The highest BCUT2D eigenvalue weighted by atomic mass is 35.5. The highest BCUT2D eigenvalue weighted by Gasteiger charge is 2.30. The van der Waals surface area contributed by atoms with Crippen LogP contribution in [0.25, 0.3) is 0 Å². The van der Waals surface area contributed by atoms with Gasteiger partial charge < -0.3 is 10.2 Å². The van der Waals surface area contributed by atoms with Crippen molar-refractivity contribution in [2.24, 2.45) is 0 Å². The molecule has 0 aromatic heterocycles. The summed E-state index contributed by atoms with van der Waals surface area (Å²) in [6, 6.07) is 13.2. The summed E-state index contributed by atoms with van der Waals surface area (Å²) in [6.45, 7) is 4.40. The number of aryl methyl sites for hydroxylation is 1.